The van der Waals surface area contributed by atoms with Crippen LogP contribution in [0.5, 0.6) is 0 Å². The summed E-state index contributed by atoms with van der Waals surface area (Å²) in [5, 5.41) is 7.06. The van der Waals surface area contributed by atoms with Crippen molar-refractivity contribution in [2.75, 3.05) is 13.1 Å². The summed E-state index contributed by atoms with van der Waals surface area (Å²) in [6.45, 7) is 1.87. The second-order valence-electron chi connectivity index (χ2n) is 5.15. The van der Waals surface area contributed by atoms with Crippen LogP contribution in [-0.2, 0) is 0 Å². The molecule has 0 amide bonds. The van der Waals surface area contributed by atoms with Crippen molar-refractivity contribution in [2.45, 2.75) is 18.5 Å². The first-order valence-electron chi connectivity index (χ1n) is 7.36. The molecule has 106 valence electrons. The third-order valence-corrected chi connectivity index (χ3v) is 3.57. The topological polar surface area (TPSA) is 37.0 Å². The summed E-state index contributed by atoms with van der Waals surface area (Å²) < 4.78 is 0. The Morgan fingerprint density at radius 1 is 1.05 bits per heavy atom. The zero-order valence-electron chi connectivity index (χ0n) is 11.9. The van der Waals surface area contributed by atoms with Gasteiger partial charge >= 0.3 is 0 Å². The molecule has 0 radical (unpaired) electrons. The van der Waals surface area contributed by atoms with Gasteiger partial charge in [0.1, 0.15) is 0 Å². The number of pyridine rings is 1. The second kappa shape index (κ2) is 7.03. The highest BCUT2D eigenvalue weighted by molar-refractivity contribution is 5.35. The Labute approximate surface area is 125 Å². The van der Waals surface area contributed by atoms with Crippen molar-refractivity contribution in [2.24, 2.45) is 0 Å². The standard InChI is InChI=1S/C18H19N3/c1-2-6-15(7-3-1)9-10-16-11-13-19-14-18(21-16)17-8-4-5-12-20-17/h1-8,12,16,18-19,21H,11,13-14H2. The normalized spacial score (nSPS) is 21.9. The molecule has 0 bridgehead atoms. The fraction of sp³-hybridized carbons (Fsp3) is 0.278. The van der Waals surface area contributed by atoms with Crippen molar-refractivity contribution in [1.82, 2.24) is 15.6 Å². The van der Waals surface area contributed by atoms with E-state index in [-0.39, 0.29) is 12.1 Å². The van der Waals surface area contributed by atoms with Crippen LogP contribution in [0.3, 0.4) is 0 Å². The van der Waals surface area contributed by atoms with Crippen LogP contribution >= 0.6 is 0 Å². The lowest BCUT2D eigenvalue weighted by atomic mass is 10.1. The lowest BCUT2D eigenvalue weighted by Crippen LogP contribution is -2.33. The van der Waals surface area contributed by atoms with Crippen LogP contribution in [0.25, 0.3) is 0 Å². The van der Waals surface area contributed by atoms with Gasteiger partial charge in [0.2, 0.25) is 0 Å². The average molecular weight is 277 g/mol. The Morgan fingerprint density at radius 2 is 1.90 bits per heavy atom. The molecule has 1 aromatic carbocycles. The van der Waals surface area contributed by atoms with Crippen LogP contribution in [0, 0.1) is 11.8 Å². The predicted octanol–water partition coefficient (Wildman–Crippen LogP) is 2.13. The van der Waals surface area contributed by atoms with E-state index in [2.05, 4.69) is 33.5 Å². The number of nitrogens with one attached hydrogen (secondary N) is 2. The van der Waals surface area contributed by atoms with Gasteiger partial charge in [0.05, 0.1) is 17.8 Å². The minimum Gasteiger partial charge on any atom is -0.315 e. The lowest BCUT2D eigenvalue weighted by molar-refractivity contribution is 0.504. The van der Waals surface area contributed by atoms with E-state index >= 15 is 0 Å². The molecule has 2 unspecified atom stereocenters. The molecule has 3 heteroatoms. The van der Waals surface area contributed by atoms with Crippen LogP contribution in [0.1, 0.15) is 23.7 Å². The maximum absolute atomic E-state index is 4.45. The molecule has 1 aliphatic rings. The van der Waals surface area contributed by atoms with Gasteiger partial charge in [-0.1, -0.05) is 36.1 Å². The van der Waals surface area contributed by atoms with Crippen LogP contribution in [0.15, 0.2) is 54.7 Å². The smallest absolute Gasteiger partial charge is 0.0711 e. The highest BCUT2D eigenvalue weighted by atomic mass is 15.0. The Hall–Kier alpha value is -2.15. The molecule has 1 aliphatic heterocycles. The minimum absolute atomic E-state index is 0.187. The van der Waals surface area contributed by atoms with E-state index in [1.807, 2.05) is 48.7 Å². The highest BCUT2D eigenvalue weighted by Gasteiger charge is 2.19. The van der Waals surface area contributed by atoms with Crippen molar-refractivity contribution >= 4 is 0 Å². The maximum atomic E-state index is 4.45. The third-order valence-electron chi connectivity index (χ3n) is 3.57. The van der Waals surface area contributed by atoms with Crippen molar-refractivity contribution in [1.29, 1.82) is 0 Å². The third kappa shape index (κ3) is 3.91. The fourth-order valence-corrected chi connectivity index (χ4v) is 2.46. The number of hydrogen-bond donors (Lipinski definition) is 2. The number of rotatable bonds is 1. The molecule has 2 aromatic rings. The van der Waals surface area contributed by atoms with Gasteiger partial charge < -0.3 is 5.32 Å². The van der Waals surface area contributed by atoms with Gasteiger partial charge in [0, 0.05) is 18.3 Å². The van der Waals surface area contributed by atoms with Crippen molar-refractivity contribution in [3.63, 3.8) is 0 Å². The Kier molecular flexibility index (Phi) is 4.62. The zero-order chi connectivity index (χ0) is 14.3. The molecule has 0 saturated carbocycles. The first kappa shape index (κ1) is 13.8. The van der Waals surface area contributed by atoms with Gasteiger partial charge in [-0.25, -0.2) is 0 Å². The molecular formula is C18H19N3. The summed E-state index contributed by atoms with van der Waals surface area (Å²) in [6.07, 6.45) is 2.84. The SMILES string of the molecule is C(#CC1CCNCC(c2ccccn2)N1)c1ccccc1. The molecule has 1 saturated heterocycles. The van der Waals surface area contributed by atoms with E-state index in [0.29, 0.717) is 0 Å². The fourth-order valence-electron chi connectivity index (χ4n) is 2.46. The summed E-state index contributed by atoms with van der Waals surface area (Å²) in [4.78, 5) is 4.45. The molecule has 1 fully saturated rings. The van der Waals surface area contributed by atoms with Crippen LogP contribution in [0.4, 0.5) is 0 Å². The Morgan fingerprint density at radius 3 is 2.71 bits per heavy atom. The van der Waals surface area contributed by atoms with Gasteiger partial charge in [0.15, 0.2) is 0 Å². The molecule has 3 nitrogen and oxygen atoms in total. The van der Waals surface area contributed by atoms with Crippen molar-refractivity contribution in [3.05, 3.63) is 66.0 Å². The molecule has 2 heterocycles. The minimum atomic E-state index is 0.187. The monoisotopic (exact) mass is 277 g/mol. The molecule has 3 rings (SSSR count). The van der Waals surface area contributed by atoms with E-state index in [9.17, 15) is 0 Å². The largest absolute Gasteiger partial charge is 0.315 e. The summed E-state index contributed by atoms with van der Waals surface area (Å²) in [5.74, 6) is 6.60. The van der Waals surface area contributed by atoms with E-state index in [1.54, 1.807) is 0 Å². The summed E-state index contributed by atoms with van der Waals surface area (Å²) in [7, 11) is 0. The van der Waals surface area contributed by atoms with E-state index in [4.69, 9.17) is 0 Å². The molecule has 21 heavy (non-hydrogen) atoms. The number of nitrogens with zero attached hydrogens (tertiary/aromatic N) is 1. The Bertz CT molecular complexity index is 613. The van der Waals surface area contributed by atoms with Gasteiger partial charge in [-0.05, 0) is 37.2 Å². The summed E-state index contributed by atoms with van der Waals surface area (Å²) in [5.41, 5.74) is 2.13. The van der Waals surface area contributed by atoms with Crippen molar-refractivity contribution < 1.29 is 0 Å². The molecule has 2 N–H and O–H groups in total. The highest BCUT2D eigenvalue weighted by Crippen LogP contribution is 2.12. The number of benzene rings is 1. The first-order chi connectivity index (χ1) is 10.4. The van der Waals surface area contributed by atoms with Crippen LogP contribution < -0.4 is 10.6 Å². The van der Waals surface area contributed by atoms with E-state index < -0.39 is 0 Å². The summed E-state index contributed by atoms with van der Waals surface area (Å²) >= 11 is 0. The van der Waals surface area contributed by atoms with Gasteiger partial charge in [0.25, 0.3) is 0 Å². The molecule has 0 aliphatic carbocycles. The van der Waals surface area contributed by atoms with Crippen LogP contribution in [-0.4, -0.2) is 24.1 Å². The number of hydrogen-bond acceptors (Lipinski definition) is 3. The van der Waals surface area contributed by atoms with E-state index in [0.717, 1.165) is 30.8 Å². The van der Waals surface area contributed by atoms with Gasteiger partial charge in [-0.15, -0.1) is 0 Å². The Balaban J connectivity index is 1.73. The van der Waals surface area contributed by atoms with Gasteiger partial charge in [-0.3, -0.25) is 10.3 Å². The molecule has 1 aromatic heterocycles. The summed E-state index contributed by atoms with van der Waals surface area (Å²) in [6, 6.07) is 16.6. The van der Waals surface area contributed by atoms with Crippen LogP contribution in [0.2, 0.25) is 0 Å². The molecular weight excluding hydrogens is 258 g/mol. The van der Waals surface area contributed by atoms with Gasteiger partial charge in [-0.2, -0.15) is 0 Å². The van der Waals surface area contributed by atoms with Crippen molar-refractivity contribution in [3.8, 4) is 11.8 Å². The average Bonchev–Trinajstić information content (AvgIpc) is 2.80. The van der Waals surface area contributed by atoms with E-state index in [1.165, 1.54) is 0 Å². The molecule has 2 atom stereocenters. The lowest BCUT2D eigenvalue weighted by Gasteiger charge is -2.18. The quantitative estimate of drug-likeness (QED) is 0.784. The molecule has 0 spiro atoms. The predicted molar refractivity (Wildman–Crippen MR) is 84.7 cm³/mol. The first-order valence-corrected chi connectivity index (χ1v) is 7.36. The zero-order valence-corrected chi connectivity index (χ0v) is 11.9. The maximum Gasteiger partial charge on any atom is 0.0711 e. The number of aromatic nitrogens is 1. The second-order valence-corrected chi connectivity index (χ2v) is 5.15.